The molecule has 0 saturated heterocycles. The molecule has 0 aliphatic heterocycles. The summed E-state index contributed by atoms with van der Waals surface area (Å²) in [7, 11) is -1.48. The molecule has 0 heterocycles. The van der Waals surface area contributed by atoms with E-state index < -0.39 is 8.07 Å². The van der Waals surface area contributed by atoms with Gasteiger partial charge in [-0.15, -0.1) is 5.54 Å². The molecule has 1 aromatic rings. The van der Waals surface area contributed by atoms with Crippen LogP contribution in [0.1, 0.15) is 12.5 Å². The summed E-state index contributed by atoms with van der Waals surface area (Å²) in [5.41, 5.74) is 4.95. The quantitative estimate of drug-likeness (QED) is 0.364. The fourth-order valence-electron chi connectivity index (χ4n) is 1.37. The van der Waals surface area contributed by atoms with Crippen LogP contribution >= 0.6 is 0 Å². The van der Waals surface area contributed by atoms with Gasteiger partial charge >= 0.3 is 5.97 Å². The summed E-state index contributed by atoms with van der Waals surface area (Å²) in [5.74, 6) is 2.80. The van der Waals surface area contributed by atoms with Crippen LogP contribution in [0.3, 0.4) is 0 Å². The van der Waals surface area contributed by atoms with Gasteiger partial charge in [-0.1, -0.05) is 55.9 Å². The Bertz CT molecular complexity index is 513. The molecule has 19 heavy (non-hydrogen) atoms. The predicted molar refractivity (Wildman–Crippen MR) is 82.2 cm³/mol. The fraction of sp³-hybridized carbons (Fsp3) is 0.312. The molecule has 0 bridgehead atoms. The summed E-state index contributed by atoms with van der Waals surface area (Å²) in [6, 6.07) is 9.71. The third-order valence-corrected chi connectivity index (χ3v) is 3.08. The van der Waals surface area contributed by atoms with Crippen molar-refractivity contribution in [3.05, 3.63) is 42.0 Å². The Balaban J connectivity index is 3.11. The molecule has 0 radical (unpaired) electrons. The first kappa shape index (κ1) is 15.3. The molecule has 0 N–H and O–H groups in total. The Kier molecular flexibility index (Phi) is 5.59. The van der Waals surface area contributed by atoms with Crippen molar-refractivity contribution in [2.75, 3.05) is 6.61 Å². The number of benzene rings is 1. The van der Waals surface area contributed by atoms with Gasteiger partial charge in [-0.25, -0.2) is 4.79 Å². The van der Waals surface area contributed by atoms with Gasteiger partial charge in [-0.2, -0.15) is 0 Å². The standard InChI is InChI=1S/C16H20O2Si/c1-5-18-16(17)13-15(11-12-19(2,3)4)14-9-7-6-8-10-14/h6-10,13H,5H2,1-4H3. The number of carbonyl (C=O) groups is 1. The van der Waals surface area contributed by atoms with Gasteiger partial charge in [0.2, 0.25) is 0 Å². The van der Waals surface area contributed by atoms with Crippen molar-refractivity contribution < 1.29 is 9.53 Å². The van der Waals surface area contributed by atoms with Crippen LogP contribution in [0.4, 0.5) is 0 Å². The third kappa shape index (κ3) is 6.07. The molecule has 0 aromatic heterocycles. The normalized spacial score (nSPS) is 11.5. The molecule has 0 aliphatic carbocycles. The highest BCUT2D eigenvalue weighted by atomic mass is 28.3. The summed E-state index contributed by atoms with van der Waals surface area (Å²) in [6.45, 7) is 8.69. The first-order valence-electron chi connectivity index (χ1n) is 6.39. The third-order valence-electron chi connectivity index (χ3n) is 2.21. The molecule has 1 rings (SSSR count). The molecule has 3 heteroatoms. The van der Waals surface area contributed by atoms with E-state index in [0.29, 0.717) is 6.61 Å². The van der Waals surface area contributed by atoms with E-state index >= 15 is 0 Å². The Morgan fingerprint density at radius 1 is 1.26 bits per heavy atom. The number of allylic oxidation sites excluding steroid dienone is 1. The zero-order chi connectivity index (χ0) is 14.3. The minimum Gasteiger partial charge on any atom is -0.463 e. The van der Waals surface area contributed by atoms with Crippen molar-refractivity contribution in [2.45, 2.75) is 26.6 Å². The Hall–Kier alpha value is -1.79. The van der Waals surface area contributed by atoms with E-state index in [9.17, 15) is 4.79 Å². The highest BCUT2D eigenvalue weighted by molar-refractivity contribution is 6.84. The molecule has 0 amide bonds. The molecule has 0 unspecified atom stereocenters. The number of hydrogen-bond donors (Lipinski definition) is 0. The van der Waals surface area contributed by atoms with Gasteiger partial charge in [-0.3, -0.25) is 0 Å². The number of hydrogen-bond acceptors (Lipinski definition) is 2. The first-order valence-corrected chi connectivity index (χ1v) is 9.89. The highest BCUT2D eigenvalue weighted by Crippen LogP contribution is 2.14. The van der Waals surface area contributed by atoms with Gasteiger partial charge in [0.1, 0.15) is 8.07 Å². The van der Waals surface area contributed by atoms with E-state index in [1.807, 2.05) is 30.3 Å². The minimum atomic E-state index is -1.48. The summed E-state index contributed by atoms with van der Waals surface area (Å²) < 4.78 is 4.95. The van der Waals surface area contributed by atoms with Gasteiger partial charge in [0.15, 0.2) is 0 Å². The van der Waals surface area contributed by atoms with Crippen molar-refractivity contribution >= 4 is 19.6 Å². The average molecular weight is 272 g/mol. The van der Waals surface area contributed by atoms with Crippen LogP contribution < -0.4 is 0 Å². The second-order valence-electron chi connectivity index (χ2n) is 5.18. The summed E-state index contributed by atoms with van der Waals surface area (Å²) in [4.78, 5) is 11.6. The van der Waals surface area contributed by atoms with Crippen molar-refractivity contribution in [2.24, 2.45) is 0 Å². The van der Waals surface area contributed by atoms with E-state index in [1.165, 1.54) is 6.08 Å². The monoisotopic (exact) mass is 272 g/mol. The average Bonchev–Trinajstić information content (AvgIpc) is 2.35. The fourth-order valence-corrected chi connectivity index (χ4v) is 1.88. The van der Waals surface area contributed by atoms with E-state index in [4.69, 9.17) is 4.74 Å². The molecule has 0 spiro atoms. The predicted octanol–water partition coefficient (Wildman–Crippen LogP) is 3.51. The van der Waals surface area contributed by atoms with E-state index in [0.717, 1.165) is 11.1 Å². The molecule has 0 fully saturated rings. The van der Waals surface area contributed by atoms with Crippen LogP contribution in [0, 0.1) is 11.5 Å². The maximum atomic E-state index is 11.6. The Labute approximate surface area is 116 Å². The smallest absolute Gasteiger partial charge is 0.332 e. The highest BCUT2D eigenvalue weighted by Gasteiger charge is 2.09. The van der Waals surface area contributed by atoms with Crippen LogP contribution in [-0.4, -0.2) is 20.7 Å². The Morgan fingerprint density at radius 2 is 1.89 bits per heavy atom. The summed E-state index contributed by atoms with van der Waals surface area (Å²) in [5, 5.41) is 0. The molecule has 0 aliphatic rings. The molecule has 0 atom stereocenters. The lowest BCUT2D eigenvalue weighted by Crippen LogP contribution is -2.16. The largest absolute Gasteiger partial charge is 0.463 e. The topological polar surface area (TPSA) is 26.3 Å². The van der Waals surface area contributed by atoms with Gasteiger partial charge in [0.25, 0.3) is 0 Å². The van der Waals surface area contributed by atoms with Crippen molar-refractivity contribution in [3.63, 3.8) is 0 Å². The first-order chi connectivity index (χ1) is 8.92. The van der Waals surface area contributed by atoms with Crippen LogP contribution in [0.15, 0.2) is 36.4 Å². The lowest BCUT2D eigenvalue weighted by molar-refractivity contribution is -0.137. The number of rotatable bonds is 3. The second-order valence-corrected chi connectivity index (χ2v) is 9.93. The number of carbonyl (C=O) groups excluding carboxylic acids is 1. The van der Waals surface area contributed by atoms with Crippen LogP contribution in [0.2, 0.25) is 19.6 Å². The molecule has 2 nitrogen and oxygen atoms in total. The van der Waals surface area contributed by atoms with Crippen LogP contribution in [0.5, 0.6) is 0 Å². The molecule has 100 valence electrons. The lowest BCUT2D eigenvalue weighted by atomic mass is 10.1. The second kappa shape index (κ2) is 6.96. The Morgan fingerprint density at radius 3 is 2.42 bits per heavy atom. The lowest BCUT2D eigenvalue weighted by Gasteiger charge is -2.05. The number of ether oxygens (including phenoxy) is 1. The minimum absolute atomic E-state index is 0.341. The van der Waals surface area contributed by atoms with E-state index in [1.54, 1.807) is 6.92 Å². The van der Waals surface area contributed by atoms with Crippen molar-refractivity contribution in [1.29, 1.82) is 0 Å². The molecular formula is C16H20O2Si. The SMILES string of the molecule is CCOC(=O)C=C(C#C[Si](C)(C)C)c1ccccc1. The molecule has 1 aromatic carbocycles. The maximum Gasteiger partial charge on any atom is 0.332 e. The number of esters is 1. The van der Waals surface area contributed by atoms with Crippen LogP contribution in [-0.2, 0) is 9.53 Å². The zero-order valence-electron chi connectivity index (χ0n) is 12.0. The van der Waals surface area contributed by atoms with Crippen molar-refractivity contribution in [3.8, 4) is 11.5 Å². The van der Waals surface area contributed by atoms with Crippen molar-refractivity contribution in [1.82, 2.24) is 0 Å². The summed E-state index contributed by atoms with van der Waals surface area (Å²) in [6.07, 6.45) is 1.48. The molecular weight excluding hydrogens is 252 g/mol. The van der Waals surface area contributed by atoms with E-state index in [-0.39, 0.29) is 5.97 Å². The van der Waals surface area contributed by atoms with Crippen LogP contribution in [0.25, 0.3) is 5.57 Å². The summed E-state index contributed by atoms with van der Waals surface area (Å²) >= 11 is 0. The van der Waals surface area contributed by atoms with Gasteiger partial charge in [-0.05, 0) is 12.5 Å². The van der Waals surface area contributed by atoms with E-state index in [2.05, 4.69) is 31.1 Å². The molecule has 0 saturated carbocycles. The maximum absolute atomic E-state index is 11.6. The van der Waals surface area contributed by atoms with Gasteiger partial charge in [0, 0.05) is 11.6 Å². The van der Waals surface area contributed by atoms with Gasteiger partial charge in [0.05, 0.1) is 6.61 Å². The van der Waals surface area contributed by atoms with Gasteiger partial charge < -0.3 is 4.74 Å². The zero-order valence-corrected chi connectivity index (χ0v) is 13.0.